The maximum atomic E-state index is 13.5. The first kappa shape index (κ1) is 23.4. The van der Waals surface area contributed by atoms with Crippen LogP contribution < -0.4 is 5.73 Å². The molecule has 0 bridgehead atoms. The van der Waals surface area contributed by atoms with Crippen LogP contribution in [-0.4, -0.2) is 28.9 Å². The Labute approximate surface area is 195 Å². The Kier molecular flexibility index (Phi) is 6.86. The summed E-state index contributed by atoms with van der Waals surface area (Å²) in [5.41, 5.74) is 8.38. The van der Waals surface area contributed by atoms with E-state index in [9.17, 15) is 13.6 Å². The highest BCUT2D eigenvalue weighted by Crippen LogP contribution is 2.40. The van der Waals surface area contributed by atoms with Gasteiger partial charge in [0.25, 0.3) is 5.91 Å². The van der Waals surface area contributed by atoms with Crippen molar-refractivity contribution in [1.29, 1.82) is 0 Å². The fraction of sp³-hybridized carbons (Fsp3) is 0.464. The summed E-state index contributed by atoms with van der Waals surface area (Å²) >= 11 is 0. The number of carbonyl (C=O) groups excluding carboxylic acids is 1. The van der Waals surface area contributed by atoms with Crippen LogP contribution in [0.2, 0.25) is 0 Å². The Hall–Kier alpha value is -2.71. The van der Waals surface area contributed by atoms with Gasteiger partial charge >= 0.3 is 6.05 Å². The first-order valence-electron chi connectivity index (χ1n) is 11.9. The molecule has 0 heterocycles. The average molecular weight is 451 g/mol. The molecule has 3 nitrogen and oxygen atoms in total. The molecular formula is C28H32F2N2O. The van der Waals surface area contributed by atoms with E-state index in [4.69, 9.17) is 5.73 Å². The minimum Gasteiger partial charge on any atom is -0.333 e. The van der Waals surface area contributed by atoms with Gasteiger partial charge in [-0.15, -0.1) is 5.92 Å². The zero-order valence-corrected chi connectivity index (χ0v) is 19.4. The lowest BCUT2D eigenvalue weighted by molar-refractivity contribution is -0.0156. The van der Waals surface area contributed by atoms with E-state index >= 15 is 0 Å². The van der Waals surface area contributed by atoms with Gasteiger partial charge in [0, 0.05) is 23.2 Å². The van der Waals surface area contributed by atoms with Crippen molar-refractivity contribution in [3.63, 3.8) is 0 Å². The molecule has 2 aliphatic carbocycles. The number of halogens is 2. The second-order valence-electron chi connectivity index (χ2n) is 9.43. The summed E-state index contributed by atoms with van der Waals surface area (Å²) < 4.78 is 26.9. The van der Waals surface area contributed by atoms with Crippen molar-refractivity contribution in [1.82, 2.24) is 4.90 Å². The fourth-order valence-electron chi connectivity index (χ4n) is 5.03. The van der Waals surface area contributed by atoms with E-state index in [1.165, 1.54) is 12.5 Å². The molecule has 5 heteroatoms. The van der Waals surface area contributed by atoms with Gasteiger partial charge in [0.15, 0.2) is 0 Å². The van der Waals surface area contributed by atoms with Gasteiger partial charge in [-0.05, 0) is 80.7 Å². The minimum atomic E-state index is -3.29. The summed E-state index contributed by atoms with van der Waals surface area (Å²) in [5, 5.41) is 0. The fourth-order valence-corrected chi connectivity index (χ4v) is 5.03. The zero-order chi connectivity index (χ0) is 23.6. The number of rotatable bonds is 6. The van der Waals surface area contributed by atoms with Gasteiger partial charge in [-0.1, -0.05) is 43.2 Å². The number of amides is 1. The quantitative estimate of drug-likeness (QED) is 0.431. The van der Waals surface area contributed by atoms with Crippen molar-refractivity contribution in [2.24, 2.45) is 5.73 Å². The largest absolute Gasteiger partial charge is 0.333 e. The SMILES string of the molecule is CC#Cc1ccccc1C1CCC(N(C(=O)c2ccc(C(C)C(N)(F)F)cc2)C2CC2)CC1. The molecule has 0 saturated heterocycles. The van der Waals surface area contributed by atoms with E-state index in [0.717, 1.165) is 44.1 Å². The molecule has 0 aromatic heterocycles. The van der Waals surface area contributed by atoms with Crippen LogP contribution in [0.25, 0.3) is 0 Å². The van der Waals surface area contributed by atoms with Crippen LogP contribution in [0.15, 0.2) is 48.5 Å². The third-order valence-corrected chi connectivity index (χ3v) is 7.16. The highest BCUT2D eigenvalue weighted by Gasteiger charge is 2.39. The first-order chi connectivity index (χ1) is 15.8. The van der Waals surface area contributed by atoms with Crippen LogP contribution in [0.3, 0.4) is 0 Å². The molecule has 2 aliphatic rings. The molecule has 0 spiro atoms. The molecule has 2 aromatic carbocycles. The van der Waals surface area contributed by atoms with Gasteiger partial charge < -0.3 is 4.90 Å². The van der Waals surface area contributed by atoms with Crippen LogP contribution in [0, 0.1) is 11.8 Å². The monoisotopic (exact) mass is 450 g/mol. The van der Waals surface area contributed by atoms with Crippen LogP contribution in [-0.2, 0) is 0 Å². The smallest absolute Gasteiger partial charge is 0.306 e. The minimum absolute atomic E-state index is 0.0110. The molecular weight excluding hydrogens is 418 g/mol. The number of nitrogens with zero attached hydrogens (tertiary/aromatic N) is 1. The second-order valence-corrected chi connectivity index (χ2v) is 9.43. The molecule has 1 unspecified atom stereocenters. The Morgan fingerprint density at radius 1 is 1.00 bits per heavy atom. The zero-order valence-electron chi connectivity index (χ0n) is 19.4. The van der Waals surface area contributed by atoms with Gasteiger partial charge in [0.2, 0.25) is 0 Å². The van der Waals surface area contributed by atoms with E-state index in [-0.39, 0.29) is 11.9 Å². The van der Waals surface area contributed by atoms with Gasteiger partial charge in [-0.3, -0.25) is 10.5 Å². The van der Waals surface area contributed by atoms with Gasteiger partial charge in [0.05, 0.1) is 5.92 Å². The third-order valence-electron chi connectivity index (χ3n) is 7.16. The van der Waals surface area contributed by atoms with Crippen LogP contribution in [0.4, 0.5) is 8.78 Å². The topological polar surface area (TPSA) is 46.3 Å². The number of hydrogen-bond acceptors (Lipinski definition) is 2. The van der Waals surface area contributed by atoms with E-state index in [0.29, 0.717) is 23.1 Å². The number of alkyl halides is 2. The highest BCUT2D eigenvalue weighted by atomic mass is 19.3. The molecule has 33 heavy (non-hydrogen) atoms. The molecule has 174 valence electrons. The number of hydrogen-bond donors (Lipinski definition) is 1. The average Bonchev–Trinajstić information content (AvgIpc) is 3.64. The lowest BCUT2D eigenvalue weighted by Gasteiger charge is -2.37. The van der Waals surface area contributed by atoms with Crippen LogP contribution in [0.1, 0.15) is 91.3 Å². The molecule has 2 saturated carbocycles. The summed E-state index contributed by atoms with van der Waals surface area (Å²) in [6.07, 6.45) is 6.08. The van der Waals surface area contributed by atoms with Crippen molar-refractivity contribution in [3.8, 4) is 11.8 Å². The third kappa shape index (κ3) is 5.28. The Morgan fingerprint density at radius 2 is 1.58 bits per heavy atom. The number of carbonyl (C=O) groups is 1. The predicted octanol–water partition coefficient (Wildman–Crippen LogP) is 6.04. The molecule has 4 rings (SSSR count). The standard InChI is InChI=1S/C28H32F2N2O/c1-3-6-21-7-4-5-8-26(21)22-13-15-24(16-14-22)32(25-17-18-25)27(33)23-11-9-20(10-12-23)19(2)28(29,30)31/h4-5,7-12,19,22,24-25H,13-18,31H2,1-2H3. The van der Waals surface area contributed by atoms with Crippen molar-refractivity contribution in [2.75, 3.05) is 0 Å². The lowest BCUT2D eigenvalue weighted by atomic mass is 9.79. The Balaban J connectivity index is 1.46. The summed E-state index contributed by atoms with van der Waals surface area (Å²) in [4.78, 5) is 15.5. The normalized spacial score (nSPS) is 21.6. The molecule has 2 aromatic rings. The summed E-state index contributed by atoms with van der Waals surface area (Å²) in [5.74, 6) is 5.62. The molecule has 2 N–H and O–H groups in total. The van der Waals surface area contributed by atoms with Crippen molar-refractivity contribution in [2.45, 2.75) is 82.3 Å². The summed E-state index contributed by atoms with van der Waals surface area (Å²) in [7, 11) is 0. The van der Waals surface area contributed by atoms with Gasteiger partial charge in [-0.2, -0.15) is 8.78 Å². The summed E-state index contributed by atoms with van der Waals surface area (Å²) in [6, 6.07) is 12.1. The molecule has 1 amide bonds. The van der Waals surface area contributed by atoms with Crippen molar-refractivity contribution >= 4 is 5.91 Å². The second kappa shape index (κ2) is 9.65. The van der Waals surface area contributed by atoms with Gasteiger partial charge in [0.1, 0.15) is 0 Å². The lowest BCUT2D eigenvalue weighted by Crippen LogP contribution is -2.43. The van der Waals surface area contributed by atoms with Gasteiger partial charge in [-0.25, -0.2) is 0 Å². The number of nitrogens with two attached hydrogens (primary N) is 1. The number of benzene rings is 2. The summed E-state index contributed by atoms with van der Waals surface area (Å²) in [6.45, 7) is 3.26. The highest BCUT2D eigenvalue weighted by molar-refractivity contribution is 5.95. The Morgan fingerprint density at radius 3 is 2.12 bits per heavy atom. The maximum Gasteiger partial charge on any atom is 0.306 e. The molecule has 1 atom stereocenters. The van der Waals surface area contributed by atoms with E-state index in [1.54, 1.807) is 24.3 Å². The van der Waals surface area contributed by atoms with Crippen molar-refractivity contribution in [3.05, 3.63) is 70.8 Å². The van der Waals surface area contributed by atoms with E-state index < -0.39 is 12.0 Å². The van der Waals surface area contributed by atoms with Crippen LogP contribution in [0.5, 0.6) is 0 Å². The van der Waals surface area contributed by atoms with E-state index in [1.807, 2.05) is 13.0 Å². The maximum absolute atomic E-state index is 13.5. The Bertz CT molecular complexity index is 1040. The predicted molar refractivity (Wildman–Crippen MR) is 127 cm³/mol. The molecule has 0 aliphatic heterocycles. The van der Waals surface area contributed by atoms with Crippen molar-refractivity contribution < 1.29 is 13.6 Å². The van der Waals surface area contributed by atoms with E-state index in [2.05, 4.69) is 34.9 Å². The molecule has 0 radical (unpaired) electrons. The van der Waals surface area contributed by atoms with Crippen LogP contribution >= 0.6 is 0 Å². The first-order valence-corrected chi connectivity index (χ1v) is 11.9. The molecule has 2 fully saturated rings.